The van der Waals surface area contributed by atoms with Gasteiger partial charge in [0.25, 0.3) is 5.88 Å². The Kier molecular flexibility index (Phi) is 3.40. The maximum absolute atomic E-state index is 11.3. The number of nitrogens with zero attached hydrogens (tertiary/aromatic N) is 1. The van der Waals surface area contributed by atoms with Gasteiger partial charge in [0, 0.05) is 12.4 Å². The molecule has 0 aliphatic rings. The van der Waals surface area contributed by atoms with Gasteiger partial charge in [-0.2, -0.15) is 0 Å². The molecular weight excluding hydrogens is 220 g/mol. The van der Waals surface area contributed by atoms with Crippen LogP contribution in [0.5, 0.6) is 17.4 Å². The van der Waals surface area contributed by atoms with Gasteiger partial charge in [-0.1, -0.05) is 0 Å². The molecule has 0 fully saturated rings. The highest BCUT2D eigenvalue weighted by molar-refractivity contribution is 5.33. The Balaban J connectivity index is 2.14. The van der Waals surface area contributed by atoms with Crippen LogP contribution in [-0.2, 0) is 0 Å². The van der Waals surface area contributed by atoms with E-state index in [1.165, 1.54) is 12.4 Å². The average Bonchev–Trinajstić information content (AvgIpc) is 2.35. The van der Waals surface area contributed by atoms with Gasteiger partial charge >= 0.3 is 5.56 Å². The summed E-state index contributed by atoms with van der Waals surface area (Å²) in [5.41, 5.74) is -0.360. The first-order valence-electron chi connectivity index (χ1n) is 5.24. The van der Waals surface area contributed by atoms with Gasteiger partial charge in [-0.15, -0.1) is 0 Å². The lowest BCUT2D eigenvalue weighted by Gasteiger charge is -2.05. The first kappa shape index (κ1) is 11.2. The predicted octanol–water partition coefficient (Wildman–Crippen LogP) is 1.96. The largest absolute Gasteiger partial charge is 0.494 e. The molecule has 1 aromatic heterocycles. The normalized spacial score (nSPS) is 9.94. The molecule has 5 heteroatoms. The summed E-state index contributed by atoms with van der Waals surface area (Å²) >= 11 is 0. The van der Waals surface area contributed by atoms with Crippen molar-refractivity contribution in [3.8, 4) is 17.4 Å². The molecule has 0 aliphatic carbocycles. The van der Waals surface area contributed by atoms with Crippen molar-refractivity contribution in [1.29, 1.82) is 0 Å². The number of ether oxygens (including phenoxy) is 2. The van der Waals surface area contributed by atoms with Crippen molar-refractivity contribution in [3.63, 3.8) is 0 Å². The van der Waals surface area contributed by atoms with Crippen LogP contribution in [0.25, 0.3) is 0 Å². The fourth-order valence-corrected chi connectivity index (χ4v) is 1.29. The number of hydrogen-bond acceptors (Lipinski definition) is 4. The van der Waals surface area contributed by atoms with Crippen LogP contribution in [0.1, 0.15) is 6.92 Å². The minimum Gasteiger partial charge on any atom is -0.494 e. The van der Waals surface area contributed by atoms with E-state index in [4.69, 9.17) is 9.47 Å². The third-order valence-electron chi connectivity index (χ3n) is 2.02. The van der Waals surface area contributed by atoms with E-state index >= 15 is 0 Å². The van der Waals surface area contributed by atoms with Crippen molar-refractivity contribution in [2.24, 2.45) is 0 Å². The highest BCUT2D eigenvalue weighted by Gasteiger charge is 2.03. The highest BCUT2D eigenvalue weighted by Crippen LogP contribution is 2.20. The van der Waals surface area contributed by atoms with Crippen LogP contribution >= 0.6 is 0 Å². The smallest absolute Gasteiger partial charge is 0.311 e. The van der Waals surface area contributed by atoms with E-state index in [1.54, 1.807) is 24.3 Å². The van der Waals surface area contributed by atoms with Crippen LogP contribution in [-0.4, -0.2) is 16.6 Å². The topological polar surface area (TPSA) is 64.2 Å². The number of benzene rings is 1. The summed E-state index contributed by atoms with van der Waals surface area (Å²) in [6.07, 6.45) is 2.92. The molecule has 0 saturated heterocycles. The van der Waals surface area contributed by atoms with E-state index in [1.807, 2.05) is 6.92 Å². The number of hydrogen-bond donors (Lipinski definition) is 1. The molecule has 0 amide bonds. The molecule has 2 aromatic rings. The summed E-state index contributed by atoms with van der Waals surface area (Å²) in [5, 5.41) is 0. The van der Waals surface area contributed by atoms with Gasteiger partial charge in [-0.3, -0.25) is 4.79 Å². The van der Waals surface area contributed by atoms with Gasteiger partial charge in [0.15, 0.2) is 0 Å². The van der Waals surface area contributed by atoms with E-state index in [0.29, 0.717) is 12.4 Å². The number of nitrogens with one attached hydrogen (secondary N) is 1. The summed E-state index contributed by atoms with van der Waals surface area (Å²) in [7, 11) is 0. The van der Waals surface area contributed by atoms with Crippen molar-refractivity contribution in [2.75, 3.05) is 6.61 Å². The van der Waals surface area contributed by atoms with Crippen LogP contribution in [0.3, 0.4) is 0 Å². The quantitative estimate of drug-likeness (QED) is 0.875. The van der Waals surface area contributed by atoms with Crippen molar-refractivity contribution < 1.29 is 9.47 Å². The Morgan fingerprint density at radius 2 is 1.94 bits per heavy atom. The van der Waals surface area contributed by atoms with E-state index in [2.05, 4.69) is 9.97 Å². The van der Waals surface area contributed by atoms with E-state index < -0.39 is 0 Å². The van der Waals surface area contributed by atoms with Gasteiger partial charge < -0.3 is 14.5 Å². The molecule has 0 bridgehead atoms. The van der Waals surface area contributed by atoms with Crippen molar-refractivity contribution in [2.45, 2.75) is 6.92 Å². The molecule has 1 heterocycles. The molecule has 0 unspecified atom stereocenters. The summed E-state index contributed by atoms with van der Waals surface area (Å²) in [5.74, 6) is 1.32. The van der Waals surface area contributed by atoms with Crippen LogP contribution in [0.4, 0.5) is 0 Å². The Morgan fingerprint density at radius 1 is 1.24 bits per heavy atom. The second kappa shape index (κ2) is 5.16. The zero-order valence-electron chi connectivity index (χ0n) is 9.34. The molecule has 88 valence electrons. The fourth-order valence-electron chi connectivity index (χ4n) is 1.29. The molecule has 0 atom stereocenters. The maximum Gasteiger partial charge on any atom is 0.311 e. The lowest BCUT2D eigenvalue weighted by Crippen LogP contribution is -2.09. The minimum atomic E-state index is -0.360. The molecule has 17 heavy (non-hydrogen) atoms. The molecule has 0 saturated carbocycles. The van der Waals surface area contributed by atoms with Gasteiger partial charge in [-0.05, 0) is 31.2 Å². The van der Waals surface area contributed by atoms with Crippen LogP contribution in [0.2, 0.25) is 0 Å². The zero-order valence-corrected chi connectivity index (χ0v) is 9.34. The third kappa shape index (κ3) is 2.84. The number of H-pyrrole nitrogens is 1. The molecule has 0 aliphatic heterocycles. The Labute approximate surface area is 98.0 Å². The molecule has 0 spiro atoms. The van der Waals surface area contributed by atoms with E-state index in [9.17, 15) is 4.79 Å². The first-order valence-corrected chi connectivity index (χ1v) is 5.24. The molecule has 0 radical (unpaired) electrons. The number of rotatable bonds is 4. The first-order chi connectivity index (χ1) is 8.29. The van der Waals surface area contributed by atoms with Crippen LogP contribution < -0.4 is 15.0 Å². The number of aromatic amines is 1. The third-order valence-corrected chi connectivity index (χ3v) is 2.02. The summed E-state index contributed by atoms with van der Waals surface area (Å²) < 4.78 is 10.6. The second-order valence-corrected chi connectivity index (χ2v) is 3.23. The van der Waals surface area contributed by atoms with Gasteiger partial charge in [0.1, 0.15) is 11.5 Å². The lowest BCUT2D eigenvalue weighted by atomic mass is 10.3. The van der Waals surface area contributed by atoms with Crippen molar-refractivity contribution >= 4 is 0 Å². The Morgan fingerprint density at radius 3 is 2.59 bits per heavy atom. The van der Waals surface area contributed by atoms with Gasteiger partial charge in [0.2, 0.25) is 0 Å². The summed E-state index contributed by atoms with van der Waals surface area (Å²) in [6.45, 7) is 2.53. The summed E-state index contributed by atoms with van der Waals surface area (Å²) in [6, 6.07) is 6.99. The second-order valence-electron chi connectivity index (χ2n) is 3.23. The number of aromatic nitrogens is 2. The minimum absolute atomic E-state index is 0.0247. The van der Waals surface area contributed by atoms with Crippen molar-refractivity contribution in [3.05, 3.63) is 47.0 Å². The average molecular weight is 232 g/mol. The molecule has 5 nitrogen and oxygen atoms in total. The van der Waals surface area contributed by atoms with E-state index in [-0.39, 0.29) is 11.4 Å². The molecule has 1 N–H and O–H groups in total. The Bertz CT molecular complexity index is 534. The van der Waals surface area contributed by atoms with Gasteiger partial charge in [0.05, 0.1) is 6.61 Å². The predicted molar refractivity (Wildman–Crippen MR) is 62.5 cm³/mol. The SMILES string of the molecule is CCOc1ccc(Oc2ncc[nH]c2=O)cc1. The zero-order chi connectivity index (χ0) is 12.1. The lowest BCUT2D eigenvalue weighted by molar-refractivity contribution is 0.339. The van der Waals surface area contributed by atoms with Crippen LogP contribution in [0.15, 0.2) is 41.5 Å². The molecular formula is C12H12N2O3. The van der Waals surface area contributed by atoms with Gasteiger partial charge in [-0.25, -0.2) is 4.98 Å². The fraction of sp³-hybridized carbons (Fsp3) is 0.167. The molecule has 2 rings (SSSR count). The molecule has 1 aromatic carbocycles. The highest BCUT2D eigenvalue weighted by atomic mass is 16.5. The Hall–Kier alpha value is -2.30. The standard InChI is InChI=1S/C12H12N2O3/c1-2-16-9-3-5-10(6-4-9)17-12-11(15)13-7-8-14-12/h3-8H,2H2,1H3,(H,13,15). The van der Waals surface area contributed by atoms with Crippen LogP contribution in [0, 0.1) is 0 Å². The maximum atomic E-state index is 11.3. The van der Waals surface area contributed by atoms with Crippen molar-refractivity contribution in [1.82, 2.24) is 9.97 Å². The monoisotopic (exact) mass is 232 g/mol. The van der Waals surface area contributed by atoms with E-state index in [0.717, 1.165) is 5.75 Å². The summed E-state index contributed by atoms with van der Waals surface area (Å²) in [4.78, 5) is 17.6.